The van der Waals surface area contributed by atoms with E-state index in [9.17, 15) is 4.79 Å². The number of amides is 1. The molecule has 0 aromatic carbocycles. The van der Waals surface area contributed by atoms with Crippen molar-refractivity contribution in [3.05, 3.63) is 11.2 Å². The van der Waals surface area contributed by atoms with Gasteiger partial charge in [-0.05, 0) is 0 Å². The van der Waals surface area contributed by atoms with Crippen molar-refractivity contribution < 1.29 is 4.79 Å². The number of hydrogen-bond acceptors (Lipinski definition) is 3. The van der Waals surface area contributed by atoms with Crippen LogP contribution in [-0.4, -0.2) is 29.3 Å². The molecular formula is C7H12N2OSSn. The molecule has 0 bridgehead atoms. The molecular weight excluding hydrogens is 279 g/mol. The third-order valence-corrected chi connectivity index (χ3v) is 11.9. The average molecular weight is 291 g/mol. The maximum atomic E-state index is 10.7. The Hall–Kier alpha value is -0.101. The summed E-state index contributed by atoms with van der Waals surface area (Å²) in [5, 5.41) is 0.441. The van der Waals surface area contributed by atoms with Crippen molar-refractivity contribution in [2.24, 2.45) is 5.73 Å². The van der Waals surface area contributed by atoms with Gasteiger partial charge in [0.05, 0.1) is 0 Å². The SMILES string of the molecule is [CH3][Sn]([CH3])([CH3])[c]1cnc(C(N)=O)s1. The van der Waals surface area contributed by atoms with Gasteiger partial charge in [0.2, 0.25) is 0 Å². The minimum absolute atomic E-state index is 0.415. The normalized spacial score (nSPS) is 11.6. The second kappa shape index (κ2) is 3.33. The molecule has 0 saturated heterocycles. The number of carbonyl (C=O) groups excluding carboxylic acids is 1. The molecule has 0 fully saturated rings. The fraction of sp³-hybridized carbons (Fsp3) is 0.429. The van der Waals surface area contributed by atoms with Gasteiger partial charge in [-0.25, -0.2) is 0 Å². The van der Waals surface area contributed by atoms with Crippen LogP contribution < -0.4 is 8.63 Å². The zero-order valence-electron chi connectivity index (χ0n) is 7.42. The summed E-state index contributed by atoms with van der Waals surface area (Å²) >= 11 is -0.549. The molecule has 0 aliphatic carbocycles. The van der Waals surface area contributed by atoms with E-state index in [1.807, 2.05) is 0 Å². The summed E-state index contributed by atoms with van der Waals surface area (Å²) in [5.74, 6) is -0.415. The van der Waals surface area contributed by atoms with Crippen LogP contribution in [-0.2, 0) is 0 Å². The number of aromatic nitrogens is 1. The molecule has 0 aliphatic heterocycles. The second-order valence-corrected chi connectivity index (χ2v) is 20.1. The molecule has 1 aromatic rings. The average Bonchev–Trinajstić information content (AvgIpc) is 2.30. The van der Waals surface area contributed by atoms with Crippen LogP contribution in [0.3, 0.4) is 0 Å². The summed E-state index contributed by atoms with van der Waals surface area (Å²) in [6.45, 7) is 0. The number of nitrogens with two attached hydrogens (primary N) is 1. The van der Waals surface area contributed by atoms with Gasteiger partial charge >= 0.3 is 80.0 Å². The van der Waals surface area contributed by atoms with E-state index in [2.05, 4.69) is 19.8 Å². The molecule has 66 valence electrons. The van der Waals surface area contributed by atoms with Gasteiger partial charge in [-0.3, -0.25) is 0 Å². The van der Waals surface area contributed by atoms with E-state index in [0.29, 0.717) is 5.01 Å². The van der Waals surface area contributed by atoms with Crippen LogP contribution in [0.4, 0.5) is 0 Å². The summed E-state index contributed by atoms with van der Waals surface area (Å²) < 4.78 is 1.29. The molecule has 5 heteroatoms. The first kappa shape index (κ1) is 9.98. The summed E-state index contributed by atoms with van der Waals surface area (Å²) in [5.41, 5.74) is 5.10. The van der Waals surface area contributed by atoms with Gasteiger partial charge in [0.25, 0.3) is 0 Å². The number of thiazole rings is 1. The van der Waals surface area contributed by atoms with Crippen LogP contribution in [0.5, 0.6) is 0 Å². The third kappa shape index (κ3) is 2.19. The Balaban J connectivity index is 3.00. The van der Waals surface area contributed by atoms with E-state index in [1.54, 1.807) is 6.20 Å². The second-order valence-electron chi connectivity index (χ2n) is 3.64. The first-order chi connectivity index (χ1) is 5.41. The van der Waals surface area contributed by atoms with Gasteiger partial charge < -0.3 is 0 Å². The molecule has 0 unspecified atom stereocenters. The monoisotopic (exact) mass is 292 g/mol. The number of hydrogen-bond donors (Lipinski definition) is 1. The fourth-order valence-electron chi connectivity index (χ4n) is 0.735. The van der Waals surface area contributed by atoms with Crippen molar-refractivity contribution in [3.8, 4) is 0 Å². The topological polar surface area (TPSA) is 56.0 Å². The Morgan fingerprint density at radius 1 is 1.58 bits per heavy atom. The van der Waals surface area contributed by atoms with Crippen LogP contribution in [0, 0.1) is 0 Å². The first-order valence-electron chi connectivity index (χ1n) is 3.67. The van der Waals surface area contributed by atoms with Crippen molar-refractivity contribution in [1.29, 1.82) is 0 Å². The Labute approximate surface area is 79.9 Å². The quantitative estimate of drug-likeness (QED) is 0.819. The maximum absolute atomic E-state index is 10.7. The van der Waals surface area contributed by atoms with Crippen molar-refractivity contribution in [2.45, 2.75) is 14.8 Å². The molecule has 1 amide bonds. The van der Waals surface area contributed by atoms with Gasteiger partial charge in [0.1, 0.15) is 0 Å². The Morgan fingerprint density at radius 2 is 2.17 bits per heavy atom. The van der Waals surface area contributed by atoms with E-state index in [0.717, 1.165) is 0 Å². The number of primary amides is 1. The Bertz CT molecular complexity index is 303. The van der Waals surface area contributed by atoms with Gasteiger partial charge in [0, 0.05) is 0 Å². The van der Waals surface area contributed by atoms with Crippen molar-refractivity contribution >= 4 is 38.5 Å². The molecule has 0 spiro atoms. The molecule has 0 atom stereocenters. The zero-order valence-corrected chi connectivity index (χ0v) is 11.1. The molecule has 1 aromatic heterocycles. The van der Waals surface area contributed by atoms with Gasteiger partial charge in [-0.1, -0.05) is 0 Å². The Kier molecular flexibility index (Phi) is 2.77. The molecule has 0 radical (unpaired) electrons. The minimum atomic E-state index is -2.00. The van der Waals surface area contributed by atoms with Crippen molar-refractivity contribution in [1.82, 2.24) is 4.98 Å². The molecule has 1 heterocycles. The van der Waals surface area contributed by atoms with Gasteiger partial charge in [-0.15, -0.1) is 0 Å². The number of rotatable bonds is 2. The Morgan fingerprint density at radius 3 is 2.42 bits per heavy atom. The van der Waals surface area contributed by atoms with Crippen molar-refractivity contribution in [2.75, 3.05) is 0 Å². The van der Waals surface area contributed by atoms with Crippen LogP contribution in [0.2, 0.25) is 14.8 Å². The van der Waals surface area contributed by atoms with Crippen LogP contribution >= 0.6 is 11.3 Å². The molecule has 2 N–H and O–H groups in total. The predicted molar refractivity (Wildman–Crippen MR) is 53.6 cm³/mol. The first-order valence-corrected chi connectivity index (χ1v) is 14.5. The summed E-state index contributed by atoms with van der Waals surface area (Å²) in [7, 11) is 0. The summed E-state index contributed by atoms with van der Waals surface area (Å²) in [6, 6.07) is 0. The van der Waals surface area contributed by atoms with Crippen LogP contribution in [0.15, 0.2) is 6.20 Å². The van der Waals surface area contributed by atoms with Gasteiger partial charge in [-0.2, -0.15) is 0 Å². The molecule has 3 nitrogen and oxygen atoms in total. The van der Waals surface area contributed by atoms with Crippen molar-refractivity contribution in [3.63, 3.8) is 0 Å². The summed E-state index contributed by atoms with van der Waals surface area (Å²) in [6.07, 6.45) is 1.81. The molecule has 12 heavy (non-hydrogen) atoms. The van der Waals surface area contributed by atoms with Crippen LogP contribution in [0.1, 0.15) is 9.80 Å². The predicted octanol–water partition coefficient (Wildman–Crippen LogP) is 0.787. The van der Waals surface area contributed by atoms with E-state index < -0.39 is 24.3 Å². The molecule has 1 rings (SSSR count). The fourth-order valence-corrected chi connectivity index (χ4v) is 6.30. The van der Waals surface area contributed by atoms with Crippen LogP contribution in [0.25, 0.3) is 0 Å². The van der Waals surface area contributed by atoms with E-state index in [4.69, 9.17) is 5.73 Å². The van der Waals surface area contributed by atoms with E-state index >= 15 is 0 Å². The third-order valence-electron chi connectivity index (χ3n) is 1.46. The summed E-state index contributed by atoms with van der Waals surface area (Å²) in [4.78, 5) is 21.6. The zero-order chi connectivity index (χ0) is 9.35. The van der Waals surface area contributed by atoms with E-state index in [1.165, 1.54) is 14.2 Å². The van der Waals surface area contributed by atoms with Gasteiger partial charge in [0.15, 0.2) is 0 Å². The number of nitrogens with zero attached hydrogens (tertiary/aromatic N) is 1. The number of carbonyl (C=O) groups is 1. The van der Waals surface area contributed by atoms with E-state index in [-0.39, 0.29) is 0 Å². The molecule has 0 aliphatic rings. The molecule has 0 saturated carbocycles. The standard InChI is InChI=1S/C4H3N2OS.3CH3.Sn/c5-3(7)4-6-1-2-8-4;;;;/h1H,(H2,5,7);3*1H3;.